The molecule has 0 bridgehead atoms. The van der Waals surface area contributed by atoms with Crippen LogP contribution in [0.3, 0.4) is 0 Å². The fourth-order valence-electron chi connectivity index (χ4n) is 3.25. The van der Waals surface area contributed by atoms with E-state index in [1.54, 1.807) is 19.9 Å². The van der Waals surface area contributed by atoms with E-state index in [2.05, 4.69) is 5.32 Å². The molecule has 1 N–H and O–H groups in total. The van der Waals surface area contributed by atoms with Crippen molar-refractivity contribution in [2.75, 3.05) is 30.8 Å². The number of hydrogen-bond acceptors (Lipinski definition) is 6. The molecule has 3 rings (SSSR count). The van der Waals surface area contributed by atoms with E-state index < -0.39 is 10.0 Å². The Labute approximate surface area is 168 Å². The number of esters is 1. The van der Waals surface area contributed by atoms with E-state index in [-0.39, 0.29) is 23.5 Å². The fourth-order valence-corrected chi connectivity index (χ4v) is 5.32. The Morgan fingerprint density at radius 2 is 1.93 bits per heavy atom. The lowest BCUT2D eigenvalue weighted by molar-refractivity contribution is -0.120. The largest absolute Gasteiger partial charge is 0.462 e. The molecule has 0 unspecified atom stereocenters. The molecule has 1 saturated heterocycles. The number of nitrogens with zero attached hydrogens (tertiary/aromatic N) is 1. The van der Waals surface area contributed by atoms with Gasteiger partial charge in [-0.1, -0.05) is 0 Å². The Bertz CT molecular complexity index is 975. The van der Waals surface area contributed by atoms with Crippen molar-refractivity contribution < 1.29 is 22.7 Å². The highest BCUT2D eigenvalue weighted by atomic mass is 32.2. The third kappa shape index (κ3) is 4.53. The number of benzene rings is 1. The van der Waals surface area contributed by atoms with Gasteiger partial charge in [0.1, 0.15) is 4.88 Å². The Kier molecular flexibility index (Phi) is 6.36. The maximum Gasteiger partial charge on any atom is 0.348 e. The number of rotatable bonds is 6. The maximum absolute atomic E-state index is 12.6. The van der Waals surface area contributed by atoms with Gasteiger partial charge in [0.25, 0.3) is 0 Å². The van der Waals surface area contributed by atoms with Crippen molar-refractivity contribution >= 4 is 49.0 Å². The van der Waals surface area contributed by atoms with Gasteiger partial charge in [-0.3, -0.25) is 4.79 Å². The third-order valence-corrected chi connectivity index (χ3v) is 7.82. The molecule has 7 nitrogen and oxygen atoms in total. The van der Waals surface area contributed by atoms with Gasteiger partial charge in [-0.15, -0.1) is 11.3 Å². The molecule has 2 heterocycles. The van der Waals surface area contributed by atoms with E-state index in [1.165, 1.54) is 15.6 Å². The number of piperidine rings is 1. The molecule has 0 atom stereocenters. The molecule has 152 valence electrons. The second-order valence-electron chi connectivity index (χ2n) is 6.65. The van der Waals surface area contributed by atoms with Crippen LogP contribution in [0.5, 0.6) is 0 Å². The summed E-state index contributed by atoms with van der Waals surface area (Å²) in [4.78, 5) is 25.0. The Hall–Kier alpha value is -1.97. The van der Waals surface area contributed by atoms with Crippen LogP contribution in [0, 0.1) is 5.92 Å². The number of amides is 1. The summed E-state index contributed by atoms with van der Waals surface area (Å²) in [5, 5.41) is 3.79. The Morgan fingerprint density at radius 3 is 2.57 bits per heavy atom. The Balaban J connectivity index is 1.64. The summed E-state index contributed by atoms with van der Waals surface area (Å²) in [7, 11) is -3.20. The van der Waals surface area contributed by atoms with Crippen molar-refractivity contribution in [3.63, 3.8) is 0 Å². The van der Waals surface area contributed by atoms with Crippen molar-refractivity contribution in [2.24, 2.45) is 5.92 Å². The summed E-state index contributed by atoms with van der Waals surface area (Å²) in [6.45, 7) is 4.47. The first-order valence-corrected chi connectivity index (χ1v) is 11.8. The molecule has 1 amide bonds. The lowest BCUT2D eigenvalue weighted by atomic mass is 9.97. The van der Waals surface area contributed by atoms with Crippen molar-refractivity contribution in [3.8, 4) is 0 Å². The lowest BCUT2D eigenvalue weighted by Gasteiger charge is -2.30. The van der Waals surface area contributed by atoms with Crippen LogP contribution in [-0.4, -0.2) is 50.0 Å². The highest BCUT2D eigenvalue weighted by Gasteiger charge is 2.30. The van der Waals surface area contributed by atoms with Crippen molar-refractivity contribution in [1.82, 2.24) is 4.31 Å². The molecule has 1 aliphatic heterocycles. The van der Waals surface area contributed by atoms with Gasteiger partial charge in [0, 0.05) is 29.4 Å². The van der Waals surface area contributed by atoms with Gasteiger partial charge in [0.15, 0.2) is 0 Å². The molecule has 1 aromatic heterocycles. The highest BCUT2D eigenvalue weighted by molar-refractivity contribution is 7.89. The number of thiophene rings is 1. The molecule has 1 aliphatic rings. The third-order valence-electron chi connectivity index (χ3n) is 4.84. The summed E-state index contributed by atoms with van der Waals surface area (Å²) in [6, 6.07) is 7.28. The number of sulfonamides is 1. The minimum atomic E-state index is -3.20. The lowest BCUT2D eigenvalue weighted by Crippen LogP contribution is -2.42. The molecule has 0 spiro atoms. The van der Waals surface area contributed by atoms with Gasteiger partial charge < -0.3 is 10.1 Å². The molecule has 1 fully saturated rings. The second kappa shape index (κ2) is 8.59. The number of carbonyl (C=O) groups is 2. The molecular formula is C19H24N2O5S2. The summed E-state index contributed by atoms with van der Waals surface area (Å²) in [5.74, 6) is -0.577. The average Bonchev–Trinajstić information content (AvgIpc) is 3.12. The van der Waals surface area contributed by atoms with Crippen molar-refractivity contribution in [1.29, 1.82) is 0 Å². The normalized spacial score (nSPS) is 16.2. The van der Waals surface area contributed by atoms with Crippen molar-refractivity contribution in [3.05, 3.63) is 29.1 Å². The van der Waals surface area contributed by atoms with Crippen LogP contribution in [0.4, 0.5) is 5.69 Å². The SMILES string of the molecule is CCOC(=O)c1cc2cc(NC(=O)C3CCN(S(=O)(=O)CC)CC3)ccc2s1. The molecule has 1 aromatic carbocycles. The highest BCUT2D eigenvalue weighted by Crippen LogP contribution is 2.29. The summed E-state index contributed by atoms with van der Waals surface area (Å²) < 4.78 is 31.3. The van der Waals surface area contributed by atoms with Gasteiger partial charge >= 0.3 is 5.97 Å². The van der Waals surface area contributed by atoms with Gasteiger partial charge in [0.05, 0.1) is 12.4 Å². The number of carbonyl (C=O) groups excluding carboxylic acids is 2. The quantitative estimate of drug-likeness (QED) is 0.720. The first kappa shape index (κ1) is 20.8. The zero-order chi connectivity index (χ0) is 20.3. The van der Waals surface area contributed by atoms with E-state index in [9.17, 15) is 18.0 Å². The molecule has 2 aromatic rings. The van der Waals surface area contributed by atoms with Crippen LogP contribution in [-0.2, 0) is 19.6 Å². The summed E-state index contributed by atoms with van der Waals surface area (Å²) in [6.07, 6.45) is 1.03. The van der Waals surface area contributed by atoms with E-state index in [1.807, 2.05) is 18.2 Å². The number of ether oxygens (including phenoxy) is 1. The maximum atomic E-state index is 12.6. The molecule has 0 radical (unpaired) electrons. The predicted octanol–water partition coefficient (Wildman–Crippen LogP) is 3.08. The molecule has 28 heavy (non-hydrogen) atoms. The second-order valence-corrected chi connectivity index (χ2v) is 9.99. The number of fused-ring (bicyclic) bond motifs is 1. The minimum Gasteiger partial charge on any atom is -0.462 e. The zero-order valence-corrected chi connectivity index (χ0v) is 17.6. The topological polar surface area (TPSA) is 92.8 Å². The fraction of sp³-hybridized carbons (Fsp3) is 0.474. The van der Waals surface area contributed by atoms with Crippen molar-refractivity contribution in [2.45, 2.75) is 26.7 Å². The summed E-state index contributed by atoms with van der Waals surface area (Å²) >= 11 is 1.36. The predicted molar refractivity (Wildman–Crippen MR) is 110 cm³/mol. The molecular weight excluding hydrogens is 400 g/mol. The minimum absolute atomic E-state index is 0.0817. The number of hydrogen-bond donors (Lipinski definition) is 1. The first-order valence-electron chi connectivity index (χ1n) is 9.33. The van der Waals surface area contributed by atoms with Crippen LogP contribution in [0.2, 0.25) is 0 Å². The van der Waals surface area contributed by atoms with E-state index in [0.29, 0.717) is 43.1 Å². The van der Waals surface area contributed by atoms with Crippen LogP contribution in [0.1, 0.15) is 36.4 Å². The molecule has 0 aliphatic carbocycles. The average molecular weight is 425 g/mol. The molecule has 0 saturated carbocycles. The van der Waals surface area contributed by atoms with E-state index in [0.717, 1.165) is 10.1 Å². The first-order chi connectivity index (χ1) is 13.3. The standard InChI is InChI=1S/C19H24N2O5S2/c1-3-26-19(23)17-12-14-11-15(5-6-16(14)27-17)20-18(22)13-7-9-21(10-8-13)28(24,25)4-2/h5-6,11-13H,3-4,7-10H2,1-2H3,(H,20,22). The smallest absolute Gasteiger partial charge is 0.348 e. The van der Waals surface area contributed by atoms with Crippen LogP contribution in [0.15, 0.2) is 24.3 Å². The number of nitrogens with one attached hydrogen (secondary N) is 1. The monoisotopic (exact) mass is 424 g/mol. The Morgan fingerprint density at radius 1 is 1.21 bits per heavy atom. The zero-order valence-electron chi connectivity index (χ0n) is 15.9. The molecule has 9 heteroatoms. The van der Waals surface area contributed by atoms with E-state index in [4.69, 9.17) is 4.74 Å². The number of anilines is 1. The van der Waals surface area contributed by atoms with E-state index >= 15 is 0 Å². The van der Waals surface area contributed by atoms with Gasteiger partial charge in [0.2, 0.25) is 15.9 Å². The van der Waals surface area contributed by atoms with Gasteiger partial charge in [-0.05, 0) is 56.3 Å². The summed E-state index contributed by atoms with van der Waals surface area (Å²) in [5.41, 5.74) is 0.661. The van der Waals surface area contributed by atoms with Crippen LogP contribution < -0.4 is 5.32 Å². The van der Waals surface area contributed by atoms with Crippen LogP contribution >= 0.6 is 11.3 Å². The van der Waals surface area contributed by atoms with Crippen LogP contribution in [0.25, 0.3) is 10.1 Å². The van der Waals surface area contributed by atoms with Gasteiger partial charge in [-0.2, -0.15) is 0 Å². The van der Waals surface area contributed by atoms with Gasteiger partial charge in [-0.25, -0.2) is 17.5 Å².